The molecule has 114 valence electrons. The molecule has 2 heterocycles. The summed E-state index contributed by atoms with van der Waals surface area (Å²) in [6.45, 7) is 0.358. The maximum atomic E-state index is 12.8. The lowest BCUT2D eigenvalue weighted by atomic mass is 10.1. The summed E-state index contributed by atoms with van der Waals surface area (Å²) in [4.78, 5) is 20.4. The third-order valence-electron chi connectivity index (χ3n) is 3.34. The first-order valence-electron chi connectivity index (χ1n) is 7.11. The number of halogens is 1. The van der Waals surface area contributed by atoms with Crippen LogP contribution in [0.15, 0.2) is 67.1 Å². The van der Waals surface area contributed by atoms with E-state index in [1.54, 1.807) is 18.6 Å². The summed E-state index contributed by atoms with van der Waals surface area (Å²) in [7, 11) is 0. The zero-order valence-electron chi connectivity index (χ0n) is 12.2. The fraction of sp³-hybridized carbons (Fsp3) is 0.0556. The Hall–Kier alpha value is -3.08. The van der Waals surface area contributed by atoms with Crippen molar-refractivity contribution in [2.45, 2.75) is 6.54 Å². The average Bonchev–Trinajstić information content (AvgIpc) is 2.61. The monoisotopic (exact) mass is 307 g/mol. The minimum Gasteiger partial charge on any atom is -0.348 e. The van der Waals surface area contributed by atoms with Gasteiger partial charge in [0.15, 0.2) is 0 Å². The van der Waals surface area contributed by atoms with Crippen LogP contribution in [0.25, 0.3) is 11.3 Å². The Balaban J connectivity index is 1.62. The Kier molecular flexibility index (Phi) is 4.38. The SMILES string of the molecule is O=C(NCc1ccc(-c2cccnc2)nc1)c1ccc(F)cc1. The summed E-state index contributed by atoms with van der Waals surface area (Å²) in [5, 5.41) is 2.78. The van der Waals surface area contributed by atoms with Crippen molar-refractivity contribution in [1.82, 2.24) is 15.3 Å². The number of carbonyl (C=O) groups excluding carboxylic acids is 1. The van der Waals surface area contributed by atoms with Gasteiger partial charge in [-0.3, -0.25) is 14.8 Å². The highest BCUT2D eigenvalue weighted by atomic mass is 19.1. The van der Waals surface area contributed by atoms with Gasteiger partial charge in [0.2, 0.25) is 0 Å². The molecular formula is C18H14FN3O. The summed E-state index contributed by atoms with van der Waals surface area (Å²) in [5.74, 6) is -0.613. The first-order valence-corrected chi connectivity index (χ1v) is 7.11. The molecule has 0 bridgehead atoms. The van der Waals surface area contributed by atoms with E-state index in [-0.39, 0.29) is 11.7 Å². The number of rotatable bonds is 4. The average molecular weight is 307 g/mol. The van der Waals surface area contributed by atoms with Gasteiger partial charge < -0.3 is 5.32 Å². The second-order valence-corrected chi connectivity index (χ2v) is 4.98. The highest BCUT2D eigenvalue weighted by Gasteiger charge is 2.06. The number of nitrogens with zero attached hydrogens (tertiary/aromatic N) is 2. The largest absolute Gasteiger partial charge is 0.348 e. The number of amides is 1. The number of carbonyl (C=O) groups is 1. The summed E-state index contributed by atoms with van der Waals surface area (Å²) in [6.07, 6.45) is 5.18. The molecule has 1 N–H and O–H groups in total. The molecule has 3 aromatic rings. The lowest BCUT2D eigenvalue weighted by molar-refractivity contribution is 0.0951. The molecule has 0 radical (unpaired) electrons. The lowest BCUT2D eigenvalue weighted by Gasteiger charge is -2.06. The van der Waals surface area contributed by atoms with E-state index in [2.05, 4.69) is 15.3 Å². The number of nitrogens with one attached hydrogen (secondary N) is 1. The Morgan fingerprint density at radius 3 is 2.52 bits per heavy atom. The molecule has 1 aromatic carbocycles. The van der Waals surface area contributed by atoms with Crippen LogP contribution in [0.4, 0.5) is 4.39 Å². The number of hydrogen-bond donors (Lipinski definition) is 1. The Morgan fingerprint density at radius 2 is 1.87 bits per heavy atom. The van der Waals surface area contributed by atoms with Gasteiger partial charge in [0.1, 0.15) is 5.82 Å². The number of pyridine rings is 2. The zero-order valence-corrected chi connectivity index (χ0v) is 12.2. The minimum atomic E-state index is -0.364. The third kappa shape index (κ3) is 3.77. The van der Waals surface area contributed by atoms with Crippen molar-refractivity contribution in [3.63, 3.8) is 0 Å². The van der Waals surface area contributed by atoms with E-state index >= 15 is 0 Å². The molecule has 0 unspecified atom stereocenters. The second kappa shape index (κ2) is 6.79. The summed E-state index contributed by atoms with van der Waals surface area (Å²) < 4.78 is 12.8. The first kappa shape index (κ1) is 14.8. The van der Waals surface area contributed by atoms with Crippen LogP contribution in [0.5, 0.6) is 0 Å². The standard InChI is InChI=1S/C18H14FN3O/c19-16-6-4-14(5-7-16)18(23)22-11-13-3-8-17(21-10-13)15-2-1-9-20-12-15/h1-10,12H,11H2,(H,22,23). The van der Waals surface area contributed by atoms with E-state index < -0.39 is 0 Å². The van der Waals surface area contributed by atoms with E-state index in [0.717, 1.165) is 16.8 Å². The molecule has 0 aliphatic rings. The van der Waals surface area contributed by atoms with Crippen LogP contribution >= 0.6 is 0 Å². The van der Waals surface area contributed by atoms with E-state index in [4.69, 9.17) is 0 Å². The van der Waals surface area contributed by atoms with Crippen molar-refractivity contribution in [2.24, 2.45) is 0 Å². The van der Waals surface area contributed by atoms with E-state index in [9.17, 15) is 9.18 Å². The molecule has 0 saturated carbocycles. The van der Waals surface area contributed by atoms with Crippen molar-refractivity contribution in [3.05, 3.63) is 84.1 Å². The molecule has 23 heavy (non-hydrogen) atoms. The zero-order chi connectivity index (χ0) is 16.1. The predicted octanol–water partition coefficient (Wildman–Crippen LogP) is 3.21. The first-order chi connectivity index (χ1) is 11.2. The molecule has 3 rings (SSSR count). The van der Waals surface area contributed by atoms with Crippen LogP contribution in [0.1, 0.15) is 15.9 Å². The van der Waals surface area contributed by atoms with Gasteiger partial charge >= 0.3 is 0 Å². The summed E-state index contributed by atoms with van der Waals surface area (Å²) >= 11 is 0. The number of benzene rings is 1. The fourth-order valence-corrected chi connectivity index (χ4v) is 2.10. The van der Waals surface area contributed by atoms with Crippen molar-refractivity contribution in [2.75, 3.05) is 0 Å². The van der Waals surface area contributed by atoms with E-state index in [0.29, 0.717) is 12.1 Å². The third-order valence-corrected chi connectivity index (χ3v) is 3.34. The highest BCUT2D eigenvalue weighted by molar-refractivity contribution is 5.94. The molecule has 2 aromatic heterocycles. The highest BCUT2D eigenvalue weighted by Crippen LogP contribution is 2.15. The van der Waals surface area contributed by atoms with Crippen LogP contribution in [-0.2, 0) is 6.54 Å². The van der Waals surface area contributed by atoms with Crippen molar-refractivity contribution >= 4 is 5.91 Å². The van der Waals surface area contributed by atoms with Gasteiger partial charge in [-0.05, 0) is 48.0 Å². The summed E-state index contributed by atoms with van der Waals surface area (Å²) in [5.41, 5.74) is 3.07. The fourth-order valence-electron chi connectivity index (χ4n) is 2.10. The number of hydrogen-bond acceptors (Lipinski definition) is 3. The van der Waals surface area contributed by atoms with E-state index in [1.807, 2.05) is 24.3 Å². The molecule has 5 heteroatoms. The predicted molar refractivity (Wildman–Crippen MR) is 85.0 cm³/mol. The van der Waals surface area contributed by atoms with Crippen LogP contribution in [0.3, 0.4) is 0 Å². The Bertz CT molecular complexity index is 787. The maximum absolute atomic E-state index is 12.8. The van der Waals surface area contributed by atoms with Gasteiger partial charge in [0, 0.05) is 36.3 Å². The van der Waals surface area contributed by atoms with Gasteiger partial charge in [-0.2, -0.15) is 0 Å². The summed E-state index contributed by atoms with van der Waals surface area (Å²) in [6, 6.07) is 13.0. The smallest absolute Gasteiger partial charge is 0.251 e. The van der Waals surface area contributed by atoms with Crippen molar-refractivity contribution in [1.29, 1.82) is 0 Å². The van der Waals surface area contributed by atoms with Crippen molar-refractivity contribution in [3.8, 4) is 11.3 Å². The normalized spacial score (nSPS) is 10.3. The van der Waals surface area contributed by atoms with E-state index in [1.165, 1.54) is 24.3 Å². The molecule has 0 saturated heterocycles. The molecule has 4 nitrogen and oxygen atoms in total. The van der Waals surface area contributed by atoms with Gasteiger partial charge in [0.05, 0.1) is 5.69 Å². The quantitative estimate of drug-likeness (QED) is 0.805. The topological polar surface area (TPSA) is 54.9 Å². The molecule has 0 spiro atoms. The molecule has 0 aliphatic carbocycles. The van der Waals surface area contributed by atoms with Crippen molar-refractivity contribution < 1.29 is 9.18 Å². The lowest BCUT2D eigenvalue weighted by Crippen LogP contribution is -2.22. The second-order valence-electron chi connectivity index (χ2n) is 4.98. The van der Waals surface area contributed by atoms with Gasteiger partial charge in [-0.1, -0.05) is 6.07 Å². The van der Waals surface area contributed by atoms with Gasteiger partial charge in [-0.15, -0.1) is 0 Å². The van der Waals surface area contributed by atoms with Crippen LogP contribution in [-0.4, -0.2) is 15.9 Å². The molecule has 0 atom stereocenters. The van der Waals surface area contributed by atoms with Gasteiger partial charge in [0.25, 0.3) is 5.91 Å². The van der Waals surface area contributed by atoms with Crippen LogP contribution < -0.4 is 5.32 Å². The maximum Gasteiger partial charge on any atom is 0.251 e. The number of aromatic nitrogens is 2. The van der Waals surface area contributed by atoms with Crippen LogP contribution in [0, 0.1) is 5.82 Å². The molecular weight excluding hydrogens is 293 g/mol. The minimum absolute atomic E-state index is 0.249. The molecule has 1 amide bonds. The Labute approximate surface area is 133 Å². The molecule has 0 fully saturated rings. The molecule has 0 aliphatic heterocycles. The van der Waals surface area contributed by atoms with Crippen LogP contribution in [0.2, 0.25) is 0 Å². The Morgan fingerprint density at radius 1 is 1.04 bits per heavy atom. The van der Waals surface area contributed by atoms with Gasteiger partial charge in [-0.25, -0.2) is 4.39 Å².